The predicted molar refractivity (Wildman–Crippen MR) is 60.4 cm³/mol. The van der Waals surface area contributed by atoms with E-state index in [1.165, 1.54) is 6.42 Å². The summed E-state index contributed by atoms with van der Waals surface area (Å²) >= 11 is 0. The van der Waals surface area contributed by atoms with Crippen molar-refractivity contribution in [3.63, 3.8) is 0 Å². The second-order valence-corrected chi connectivity index (χ2v) is 5.59. The van der Waals surface area contributed by atoms with E-state index in [-0.39, 0.29) is 23.3 Å². The van der Waals surface area contributed by atoms with Crippen molar-refractivity contribution in [2.75, 3.05) is 6.54 Å². The molecular weight excluding hydrogens is 190 g/mol. The van der Waals surface area contributed by atoms with Crippen LogP contribution in [0.1, 0.15) is 46.5 Å². The Labute approximate surface area is 92.3 Å². The molecular formula is C12H23NO2. The Balaban J connectivity index is 2.12. The van der Waals surface area contributed by atoms with Crippen molar-refractivity contribution in [1.29, 1.82) is 0 Å². The van der Waals surface area contributed by atoms with Crippen LogP contribution in [0.4, 0.5) is 0 Å². The number of aliphatic hydroxyl groups is 1. The fourth-order valence-corrected chi connectivity index (χ4v) is 1.58. The van der Waals surface area contributed by atoms with Crippen LogP contribution < -0.4 is 5.32 Å². The summed E-state index contributed by atoms with van der Waals surface area (Å²) in [7, 11) is 0. The number of rotatable bonds is 4. The minimum absolute atomic E-state index is 0.0960. The lowest BCUT2D eigenvalue weighted by molar-refractivity contribution is -0.127. The van der Waals surface area contributed by atoms with E-state index in [0.717, 1.165) is 12.8 Å². The van der Waals surface area contributed by atoms with Crippen LogP contribution in [0.15, 0.2) is 0 Å². The first-order chi connectivity index (χ1) is 6.91. The van der Waals surface area contributed by atoms with E-state index in [2.05, 4.69) is 5.32 Å². The first-order valence-corrected chi connectivity index (χ1v) is 5.87. The van der Waals surface area contributed by atoms with E-state index in [4.69, 9.17) is 0 Å². The molecule has 1 atom stereocenters. The zero-order valence-electron chi connectivity index (χ0n) is 10.0. The minimum atomic E-state index is -0.348. The van der Waals surface area contributed by atoms with Gasteiger partial charge in [-0.25, -0.2) is 0 Å². The van der Waals surface area contributed by atoms with Crippen LogP contribution in [-0.2, 0) is 4.79 Å². The second-order valence-electron chi connectivity index (χ2n) is 5.59. The molecule has 3 nitrogen and oxygen atoms in total. The number of hydrogen-bond donors (Lipinski definition) is 2. The Morgan fingerprint density at radius 3 is 2.47 bits per heavy atom. The summed E-state index contributed by atoms with van der Waals surface area (Å²) in [6.07, 6.45) is 3.55. The smallest absolute Gasteiger partial charge is 0.223 e. The molecule has 0 spiro atoms. The average Bonchev–Trinajstić information content (AvgIpc) is 1.98. The van der Waals surface area contributed by atoms with Crippen LogP contribution >= 0.6 is 0 Å². The third kappa shape index (κ3) is 3.82. The highest BCUT2D eigenvalue weighted by atomic mass is 16.3. The lowest BCUT2D eigenvalue weighted by Crippen LogP contribution is -2.37. The maximum atomic E-state index is 11.5. The highest BCUT2D eigenvalue weighted by molar-refractivity contribution is 5.79. The minimum Gasteiger partial charge on any atom is -0.393 e. The van der Waals surface area contributed by atoms with Gasteiger partial charge in [-0.3, -0.25) is 4.79 Å². The van der Waals surface area contributed by atoms with Crippen LogP contribution in [-0.4, -0.2) is 23.7 Å². The average molecular weight is 213 g/mol. The topological polar surface area (TPSA) is 49.3 Å². The van der Waals surface area contributed by atoms with Crippen LogP contribution in [0.3, 0.4) is 0 Å². The van der Waals surface area contributed by atoms with Crippen molar-refractivity contribution in [1.82, 2.24) is 5.32 Å². The first kappa shape index (κ1) is 12.5. The molecule has 0 aliphatic heterocycles. The van der Waals surface area contributed by atoms with Crippen LogP contribution in [0.2, 0.25) is 0 Å². The van der Waals surface area contributed by atoms with Gasteiger partial charge in [0.25, 0.3) is 0 Å². The van der Waals surface area contributed by atoms with Crippen molar-refractivity contribution in [3.8, 4) is 0 Å². The van der Waals surface area contributed by atoms with E-state index >= 15 is 0 Å². The molecule has 0 aromatic heterocycles. The van der Waals surface area contributed by atoms with Gasteiger partial charge in [-0.05, 0) is 24.7 Å². The Bertz CT molecular complexity index is 216. The third-order valence-corrected chi connectivity index (χ3v) is 3.19. The monoisotopic (exact) mass is 213 g/mol. The number of amides is 1. The third-order valence-electron chi connectivity index (χ3n) is 3.19. The summed E-state index contributed by atoms with van der Waals surface area (Å²) in [4.78, 5) is 11.5. The number of carbonyl (C=O) groups is 1. The Morgan fingerprint density at radius 2 is 2.07 bits per heavy atom. The summed E-state index contributed by atoms with van der Waals surface area (Å²) in [6.45, 7) is 6.61. The largest absolute Gasteiger partial charge is 0.393 e. The summed E-state index contributed by atoms with van der Waals surface area (Å²) in [5, 5.41) is 12.6. The molecule has 0 heterocycles. The molecule has 1 aliphatic carbocycles. The molecule has 0 aromatic rings. The normalized spacial score (nSPS) is 19.5. The Hall–Kier alpha value is -0.570. The number of nitrogens with one attached hydrogen (secondary N) is 1. The van der Waals surface area contributed by atoms with E-state index in [9.17, 15) is 9.90 Å². The molecule has 1 fully saturated rings. The maximum absolute atomic E-state index is 11.5. The molecule has 1 aliphatic rings. The summed E-state index contributed by atoms with van der Waals surface area (Å²) < 4.78 is 0. The van der Waals surface area contributed by atoms with Crippen molar-refractivity contribution < 1.29 is 9.90 Å². The molecule has 0 aromatic carbocycles. The summed E-state index contributed by atoms with van der Waals surface area (Å²) in [5.74, 6) is 0.416. The fourth-order valence-electron chi connectivity index (χ4n) is 1.58. The van der Waals surface area contributed by atoms with Gasteiger partial charge < -0.3 is 10.4 Å². The fraction of sp³-hybridized carbons (Fsp3) is 0.917. The van der Waals surface area contributed by atoms with Crippen LogP contribution in [0.5, 0.6) is 0 Å². The summed E-state index contributed by atoms with van der Waals surface area (Å²) in [6, 6.07) is 0. The number of aliphatic hydroxyl groups excluding tert-OH is 1. The number of carbonyl (C=O) groups excluding carboxylic acids is 1. The highest BCUT2D eigenvalue weighted by Crippen LogP contribution is 2.26. The predicted octanol–water partition coefficient (Wildman–Crippen LogP) is 1.70. The zero-order chi connectivity index (χ0) is 11.5. The molecule has 1 saturated carbocycles. The van der Waals surface area contributed by atoms with Gasteiger partial charge in [0.2, 0.25) is 5.91 Å². The van der Waals surface area contributed by atoms with Crippen molar-refractivity contribution in [2.45, 2.75) is 52.6 Å². The van der Waals surface area contributed by atoms with Gasteiger partial charge in [-0.2, -0.15) is 0 Å². The molecule has 0 unspecified atom stereocenters. The van der Waals surface area contributed by atoms with Gasteiger partial charge in [0, 0.05) is 12.5 Å². The molecule has 1 amide bonds. The maximum Gasteiger partial charge on any atom is 0.223 e. The van der Waals surface area contributed by atoms with Gasteiger partial charge in [-0.1, -0.05) is 27.2 Å². The molecule has 0 saturated heterocycles. The molecule has 3 heteroatoms. The van der Waals surface area contributed by atoms with Gasteiger partial charge in [-0.15, -0.1) is 0 Å². The lowest BCUT2D eigenvalue weighted by Gasteiger charge is -2.27. The molecule has 88 valence electrons. The van der Waals surface area contributed by atoms with Crippen molar-refractivity contribution in [2.24, 2.45) is 11.3 Å². The van der Waals surface area contributed by atoms with E-state index in [1.54, 1.807) is 0 Å². The van der Waals surface area contributed by atoms with E-state index < -0.39 is 0 Å². The Morgan fingerprint density at radius 1 is 1.47 bits per heavy atom. The van der Waals surface area contributed by atoms with Crippen molar-refractivity contribution >= 4 is 5.91 Å². The lowest BCUT2D eigenvalue weighted by atomic mass is 9.84. The summed E-state index contributed by atoms with van der Waals surface area (Å²) in [5.41, 5.74) is -0.0960. The van der Waals surface area contributed by atoms with E-state index in [0.29, 0.717) is 13.0 Å². The van der Waals surface area contributed by atoms with Gasteiger partial charge in [0.1, 0.15) is 0 Å². The van der Waals surface area contributed by atoms with Gasteiger partial charge in [0.15, 0.2) is 0 Å². The standard InChI is InChI=1S/C12H23NO2/c1-12(2,3)10(14)7-8-13-11(15)9-5-4-6-9/h9-10,14H,4-8H2,1-3H3,(H,13,15)/t10-/m0/s1. The van der Waals surface area contributed by atoms with Crippen LogP contribution in [0.25, 0.3) is 0 Å². The first-order valence-electron chi connectivity index (χ1n) is 5.87. The molecule has 15 heavy (non-hydrogen) atoms. The number of hydrogen-bond acceptors (Lipinski definition) is 2. The molecule has 0 bridgehead atoms. The van der Waals surface area contributed by atoms with Crippen molar-refractivity contribution in [3.05, 3.63) is 0 Å². The second kappa shape index (κ2) is 4.97. The molecule has 2 N–H and O–H groups in total. The van der Waals surface area contributed by atoms with Gasteiger partial charge in [0.05, 0.1) is 6.10 Å². The van der Waals surface area contributed by atoms with Gasteiger partial charge >= 0.3 is 0 Å². The van der Waals surface area contributed by atoms with Crippen LogP contribution in [0, 0.1) is 11.3 Å². The highest BCUT2D eigenvalue weighted by Gasteiger charge is 2.26. The quantitative estimate of drug-likeness (QED) is 0.746. The van der Waals surface area contributed by atoms with E-state index in [1.807, 2.05) is 20.8 Å². The zero-order valence-corrected chi connectivity index (χ0v) is 10.0. The SMILES string of the molecule is CC(C)(C)[C@@H](O)CCNC(=O)C1CCC1. The molecule has 0 radical (unpaired) electrons. The molecule has 1 rings (SSSR count). The Kier molecular flexibility index (Phi) is 4.14.